The highest BCUT2D eigenvalue weighted by Gasteiger charge is 2.52. The Morgan fingerprint density at radius 2 is 2.17 bits per heavy atom. The van der Waals surface area contributed by atoms with Crippen molar-refractivity contribution in [1.29, 1.82) is 0 Å². The van der Waals surface area contributed by atoms with Crippen molar-refractivity contribution >= 4 is 5.96 Å². The molecule has 0 fully saturated rings. The number of halogens is 3. The van der Waals surface area contributed by atoms with Crippen molar-refractivity contribution in [2.24, 2.45) is 10.7 Å². The molecular weight excluding hydrogens is 171 g/mol. The second-order valence-corrected chi connectivity index (χ2v) is 2.97. The molecule has 0 bridgehead atoms. The van der Waals surface area contributed by atoms with Crippen LogP contribution in [0.2, 0.25) is 0 Å². The van der Waals surface area contributed by atoms with Gasteiger partial charge in [-0.2, -0.15) is 13.2 Å². The topological polar surface area (TPSA) is 50.4 Å². The zero-order valence-electron chi connectivity index (χ0n) is 6.57. The molecule has 3 nitrogen and oxygen atoms in total. The van der Waals surface area contributed by atoms with Gasteiger partial charge in [0.25, 0.3) is 0 Å². The quantitative estimate of drug-likeness (QED) is 0.575. The van der Waals surface area contributed by atoms with Crippen LogP contribution in [0.5, 0.6) is 0 Å². The van der Waals surface area contributed by atoms with E-state index < -0.39 is 11.7 Å². The fourth-order valence-corrected chi connectivity index (χ4v) is 0.997. The zero-order chi connectivity index (χ0) is 9.41. The molecule has 3 N–H and O–H groups in total. The van der Waals surface area contributed by atoms with E-state index in [4.69, 9.17) is 5.73 Å². The van der Waals surface area contributed by atoms with E-state index in [2.05, 4.69) is 10.3 Å². The van der Waals surface area contributed by atoms with Crippen LogP contribution in [0.1, 0.15) is 13.3 Å². The molecule has 1 heterocycles. The van der Waals surface area contributed by atoms with E-state index >= 15 is 0 Å². The summed E-state index contributed by atoms with van der Waals surface area (Å²) in [5.74, 6) is -0.138. The molecule has 1 aliphatic heterocycles. The van der Waals surface area contributed by atoms with Crippen molar-refractivity contribution in [3.63, 3.8) is 0 Å². The van der Waals surface area contributed by atoms with Gasteiger partial charge in [-0.25, -0.2) is 0 Å². The first-order valence-electron chi connectivity index (χ1n) is 3.50. The molecule has 0 saturated carbocycles. The number of nitrogens with two attached hydrogens (primary N) is 1. The third kappa shape index (κ3) is 1.46. The standard InChI is InChI=1S/C6H10F3N3/c1-5(6(7,8)9)2-3-11-4(10)12-5/h2-3H2,1H3,(H3,10,11,12)/t5-/m1/s1. The monoisotopic (exact) mass is 181 g/mol. The van der Waals surface area contributed by atoms with Crippen LogP contribution in [0, 0.1) is 0 Å². The van der Waals surface area contributed by atoms with Gasteiger partial charge in [-0.1, -0.05) is 0 Å². The molecule has 0 saturated heterocycles. The summed E-state index contributed by atoms with van der Waals surface area (Å²) in [6.45, 7) is 1.20. The number of hydrogen-bond acceptors (Lipinski definition) is 3. The van der Waals surface area contributed by atoms with Crippen LogP contribution in [0.4, 0.5) is 13.2 Å². The van der Waals surface area contributed by atoms with Crippen LogP contribution in [0.3, 0.4) is 0 Å². The third-order valence-electron chi connectivity index (χ3n) is 1.92. The van der Waals surface area contributed by atoms with Gasteiger partial charge in [-0.15, -0.1) is 0 Å². The summed E-state index contributed by atoms with van der Waals surface area (Å²) in [6, 6.07) is 0. The second kappa shape index (κ2) is 2.53. The van der Waals surface area contributed by atoms with Gasteiger partial charge in [0.15, 0.2) is 5.96 Å². The number of nitrogens with one attached hydrogen (secondary N) is 1. The van der Waals surface area contributed by atoms with Crippen LogP contribution in [0.25, 0.3) is 0 Å². The number of guanidine groups is 1. The lowest BCUT2D eigenvalue weighted by Gasteiger charge is -2.35. The largest absolute Gasteiger partial charge is 0.411 e. The predicted molar refractivity (Wildman–Crippen MR) is 38.7 cm³/mol. The maximum Gasteiger partial charge on any atom is 0.411 e. The van der Waals surface area contributed by atoms with Crippen LogP contribution in [-0.4, -0.2) is 24.2 Å². The van der Waals surface area contributed by atoms with Gasteiger partial charge < -0.3 is 11.1 Å². The molecule has 0 aliphatic carbocycles. The predicted octanol–water partition coefficient (Wildman–Crippen LogP) is 0.615. The van der Waals surface area contributed by atoms with Gasteiger partial charge in [0, 0.05) is 6.54 Å². The molecule has 70 valence electrons. The Morgan fingerprint density at radius 3 is 2.50 bits per heavy atom. The third-order valence-corrected chi connectivity index (χ3v) is 1.92. The Labute approximate surface area is 67.8 Å². The minimum absolute atomic E-state index is 0.0722. The molecular formula is C6H10F3N3. The summed E-state index contributed by atoms with van der Waals surface area (Å²) >= 11 is 0. The number of rotatable bonds is 0. The zero-order valence-corrected chi connectivity index (χ0v) is 6.57. The summed E-state index contributed by atoms with van der Waals surface area (Å²) in [5.41, 5.74) is 3.23. The highest BCUT2D eigenvalue weighted by Crippen LogP contribution is 2.33. The molecule has 0 aromatic carbocycles. The molecule has 6 heteroatoms. The summed E-state index contributed by atoms with van der Waals surface area (Å²) in [5, 5.41) is 2.14. The van der Waals surface area contributed by atoms with E-state index in [1.807, 2.05) is 0 Å². The van der Waals surface area contributed by atoms with Crippen molar-refractivity contribution in [3.05, 3.63) is 0 Å². The van der Waals surface area contributed by atoms with E-state index in [0.29, 0.717) is 0 Å². The van der Waals surface area contributed by atoms with Gasteiger partial charge >= 0.3 is 6.18 Å². The lowest BCUT2D eigenvalue weighted by Crippen LogP contribution is -2.60. The first-order valence-corrected chi connectivity index (χ1v) is 3.50. The highest BCUT2D eigenvalue weighted by molar-refractivity contribution is 5.79. The summed E-state index contributed by atoms with van der Waals surface area (Å²) in [4.78, 5) is 3.62. The Bertz CT molecular complexity index is 211. The van der Waals surface area contributed by atoms with Gasteiger partial charge in [-0.3, -0.25) is 4.99 Å². The molecule has 1 rings (SSSR count). The van der Waals surface area contributed by atoms with Crippen LogP contribution in [0.15, 0.2) is 4.99 Å². The van der Waals surface area contributed by atoms with E-state index in [0.717, 1.165) is 6.92 Å². The summed E-state index contributed by atoms with van der Waals surface area (Å²) in [7, 11) is 0. The van der Waals surface area contributed by atoms with E-state index in [-0.39, 0.29) is 18.9 Å². The lowest BCUT2D eigenvalue weighted by atomic mass is 9.96. The van der Waals surface area contributed by atoms with Gasteiger partial charge in [0.1, 0.15) is 5.54 Å². The van der Waals surface area contributed by atoms with Gasteiger partial charge in [0.05, 0.1) is 0 Å². The molecule has 0 radical (unpaired) electrons. The fraction of sp³-hybridized carbons (Fsp3) is 0.833. The normalized spacial score (nSPS) is 30.8. The highest BCUT2D eigenvalue weighted by atomic mass is 19.4. The Balaban J connectivity index is 2.81. The van der Waals surface area contributed by atoms with Crippen LogP contribution < -0.4 is 11.1 Å². The number of aliphatic imine (C=N–C) groups is 1. The maximum absolute atomic E-state index is 12.3. The average Bonchev–Trinajstić information content (AvgIpc) is 1.83. The van der Waals surface area contributed by atoms with E-state index in [9.17, 15) is 13.2 Å². The lowest BCUT2D eigenvalue weighted by molar-refractivity contribution is -0.189. The first-order chi connectivity index (χ1) is 5.35. The number of hydrogen-bond donors (Lipinski definition) is 2. The molecule has 0 amide bonds. The van der Waals surface area contributed by atoms with Crippen molar-refractivity contribution < 1.29 is 13.2 Å². The van der Waals surface area contributed by atoms with Gasteiger partial charge in [0.2, 0.25) is 0 Å². The SMILES string of the molecule is C[C@]1(C(F)(F)F)CCN=C(N)N1. The van der Waals surface area contributed by atoms with Crippen LogP contribution >= 0.6 is 0 Å². The summed E-state index contributed by atoms with van der Waals surface area (Å²) in [6.07, 6.45) is -4.36. The number of nitrogens with zero attached hydrogens (tertiary/aromatic N) is 1. The Kier molecular flexibility index (Phi) is 1.93. The Morgan fingerprint density at radius 1 is 1.58 bits per heavy atom. The molecule has 1 aliphatic rings. The fourth-order valence-electron chi connectivity index (χ4n) is 0.997. The molecule has 0 spiro atoms. The number of alkyl halides is 3. The van der Waals surface area contributed by atoms with Crippen molar-refractivity contribution in [2.45, 2.75) is 25.1 Å². The van der Waals surface area contributed by atoms with E-state index in [1.165, 1.54) is 0 Å². The average molecular weight is 181 g/mol. The second-order valence-electron chi connectivity index (χ2n) is 2.97. The smallest absolute Gasteiger partial charge is 0.370 e. The minimum Gasteiger partial charge on any atom is -0.370 e. The molecule has 0 aromatic heterocycles. The maximum atomic E-state index is 12.3. The summed E-state index contributed by atoms with van der Waals surface area (Å²) < 4.78 is 37.0. The molecule has 12 heavy (non-hydrogen) atoms. The van der Waals surface area contributed by atoms with Crippen molar-refractivity contribution in [2.75, 3.05) is 6.54 Å². The molecule has 1 atom stereocenters. The first kappa shape index (κ1) is 9.15. The minimum atomic E-state index is -4.28. The molecule has 0 aromatic rings. The van der Waals surface area contributed by atoms with Crippen molar-refractivity contribution in [3.8, 4) is 0 Å². The van der Waals surface area contributed by atoms with Gasteiger partial charge in [-0.05, 0) is 13.3 Å². The van der Waals surface area contributed by atoms with Crippen LogP contribution in [-0.2, 0) is 0 Å². The van der Waals surface area contributed by atoms with E-state index in [1.54, 1.807) is 0 Å². The molecule has 0 unspecified atom stereocenters. The Hall–Kier alpha value is -0.940. The van der Waals surface area contributed by atoms with Crippen molar-refractivity contribution in [1.82, 2.24) is 5.32 Å².